The van der Waals surface area contributed by atoms with Gasteiger partial charge < -0.3 is 31.3 Å². The average molecular weight is 577 g/mol. The van der Waals surface area contributed by atoms with E-state index >= 15 is 0 Å². The van der Waals surface area contributed by atoms with Gasteiger partial charge in [0.25, 0.3) is 5.91 Å². The first-order valence-electron chi connectivity index (χ1n) is 14.3. The third-order valence-electron chi connectivity index (χ3n) is 8.27. The fourth-order valence-corrected chi connectivity index (χ4v) is 7.85. The lowest BCUT2D eigenvalue weighted by atomic mass is 9.86. The number of anilines is 1. The number of nitrogens with one attached hydrogen (secondary N) is 5. The molecule has 10 nitrogen and oxygen atoms in total. The molecular weight excluding hydrogens is 540 g/mol. The minimum atomic E-state index is -0.229. The number of hydrogen-bond acceptors (Lipinski definition) is 7. The first-order valence-corrected chi connectivity index (χ1v) is 15.1. The zero-order valence-electron chi connectivity index (χ0n) is 23.2. The van der Waals surface area contributed by atoms with Crippen LogP contribution in [0.1, 0.15) is 31.2 Å². The van der Waals surface area contributed by atoms with Crippen LogP contribution < -0.4 is 36.2 Å². The van der Waals surface area contributed by atoms with Gasteiger partial charge in [0.15, 0.2) is 0 Å². The Labute approximate surface area is 244 Å². The molecule has 5 N–H and O–H groups in total. The molecule has 2 aromatic carbocycles. The van der Waals surface area contributed by atoms with Crippen molar-refractivity contribution in [1.29, 1.82) is 0 Å². The summed E-state index contributed by atoms with van der Waals surface area (Å²) in [6.07, 6.45) is 3.34. The van der Waals surface area contributed by atoms with Crippen LogP contribution in [0.15, 0.2) is 59.1 Å². The summed E-state index contributed by atoms with van der Waals surface area (Å²) >= 11 is 1.49. The number of urea groups is 1. The summed E-state index contributed by atoms with van der Waals surface area (Å²) in [5.74, 6) is 1.16. The summed E-state index contributed by atoms with van der Waals surface area (Å²) in [5, 5.41) is 15.7. The van der Waals surface area contributed by atoms with Gasteiger partial charge in [-0.2, -0.15) is 0 Å². The maximum absolute atomic E-state index is 13.6. The number of rotatable bonds is 8. The first kappa shape index (κ1) is 27.6. The van der Waals surface area contributed by atoms with Crippen LogP contribution in [0.2, 0.25) is 0 Å². The fraction of sp³-hybridized carbons (Fsp3) is 0.433. The topological polar surface area (TPSA) is 124 Å². The average Bonchev–Trinajstić information content (AvgIpc) is 3.55. The van der Waals surface area contributed by atoms with E-state index < -0.39 is 0 Å². The van der Waals surface area contributed by atoms with Crippen LogP contribution in [0.5, 0.6) is 11.5 Å². The molecule has 0 spiro atoms. The number of nitrogens with zero attached hydrogens (tertiary/aromatic N) is 1. The third kappa shape index (κ3) is 5.53. The van der Waals surface area contributed by atoms with E-state index in [0.29, 0.717) is 16.4 Å². The summed E-state index contributed by atoms with van der Waals surface area (Å²) in [4.78, 5) is 41.8. The standard InChI is InChI=1S/C30H36N6O4S/c1-17-15-19(40-18-7-4-3-5-8-18)11-12-22(17)36-23-13-14-32-29-25(23)26(35-30(36)39)27(41-29)28(38)34-21-10-6-9-20(21)33-24(37)16-31-2/h3-5,7-8,11-12,15,20-21,23,25,29,31-32H,6,9-10,13-14,16H2,1-2H3,(H,33,37)(H,34,38)(H,35,39)/t20-,21-,23?,25?,29?/m0/s1. The fourth-order valence-electron chi connectivity index (χ4n) is 6.45. The number of carbonyl (C=O) groups excluding carboxylic acids is 3. The van der Waals surface area contributed by atoms with Gasteiger partial charge in [-0.25, -0.2) is 4.79 Å². The summed E-state index contributed by atoms with van der Waals surface area (Å²) in [6.45, 7) is 2.98. The molecule has 216 valence electrons. The van der Waals surface area contributed by atoms with Crippen molar-refractivity contribution in [2.24, 2.45) is 5.92 Å². The maximum Gasteiger partial charge on any atom is 0.326 e. The molecule has 5 atom stereocenters. The van der Waals surface area contributed by atoms with Crippen molar-refractivity contribution in [2.75, 3.05) is 25.0 Å². The molecule has 6 rings (SSSR count). The molecule has 2 saturated heterocycles. The molecule has 1 aliphatic carbocycles. The lowest BCUT2D eigenvalue weighted by Crippen LogP contribution is -2.62. The van der Waals surface area contributed by atoms with Crippen molar-refractivity contribution >= 4 is 35.3 Å². The predicted molar refractivity (Wildman–Crippen MR) is 159 cm³/mol. The zero-order chi connectivity index (χ0) is 28.5. The normalized spacial score (nSPS) is 26.8. The number of likely N-dealkylation sites (N-methyl/N-ethyl adjacent to an activating group) is 1. The van der Waals surface area contributed by atoms with Crippen molar-refractivity contribution in [3.63, 3.8) is 0 Å². The van der Waals surface area contributed by atoms with E-state index in [-0.39, 0.29) is 53.8 Å². The number of aryl methyl sites for hydroxylation is 1. The number of amides is 4. The van der Waals surface area contributed by atoms with Crippen molar-refractivity contribution in [1.82, 2.24) is 26.6 Å². The molecule has 0 bridgehead atoms. The molecule has 2 aromatic rings. The van der Waals surface area contributed by atoms with Gasteiger partial charge in [0.2, 0.25) is 5.91 Å². The Hall–Kier alpha value is -3.54. The van der Waals surface area contributed by atoms with E-state index in [4.69, 9.17) is 4.74 Å². The second kappa shape index (κ2) is 11.8. The van der Waals surface area contributed by atoms with Gasteiger partial charge in [-0.1, -0.05) is 30.0 Å². The van der Waals surface area contributed by atoms with Crippen molar-refractivity contribution in [3.8, 4) is 11.5 Å². The highest BCUT2D eigenvalue weighted by Gasteiger charge is 2.52. The Kier molecular flexibility index (Phi) is 7.92. The van der Waals surface area contributed by atoms with Crippen LogP contribution in [0.3, 0.4) is 0 Å². The highest BCUT2D eigenvalue weighted by atomic mass is 32.2. The summed E-state index contributed by atoms with van der Waals surface area (Å²) in [7, 11) is 1.73. The Morgan fingerprint density at radius 3 is 2.59 bits per heavy atom. The van der Waals surface area contributed by atoms with Gasteiger partial charge in [0.1, 0.15) is 11.5 Å². The highest BCUT2D eigenvalue weighted by molar-refractivity contribution is 8.04. The molecule has 4 amide bonds. The van der Waals surface area contributed by atoms with E-state index in [2.05, 4.69) is 26.6 Å². The quantitative estimate of drug-likeness (QED) is 0.327. The van der Waals surface area contributed by atoms with E-state index in [1.165, 1.54) is 11.8 Å². The van der Waals surface area contributed by atoms with Crippen molar-refractivity contribution < 1.29 is 19.1 Å². The van der Waals surface area contributed by atoms with Gasteiger partial charge in [-0.05, 0) is 82.1 Å². The van der Waals surface area contributed by atoms with Gasteiger partial charge in [-0.3, -0.25) is 14.5 Å². The van der Waals surface area contributed by atoms with Crippen LogP contribution in [-0.4, -0.2) is 61.5 Å². The number of piperidine rings is 1. The second-order valence-corrected chi connectivity index (χ2v) is 12.1. The molecular formula is C30H36N6O4S. The monoisotopic (exact) mass is 576 g/mol. The molecule has 0 aromatic heterocycles. The van der Waals surface area contributed by atoms with Crippen LogP contribution in [0.4, 0.5) is 10.5 Å². The number of benzene rings is 2. The molecule has 11 heteroatoms. The largest absolute Gasteiger partial charge is 0.457 e. The highest BCUT2D eigenvalue weighted by Crippen LogP contribution is 2.48. The van der Waals surface area contributed by atoms with E-state index in [9.17, 15) is 14.4 Å². The second-order valence-electron chi connectivity index (χ2n) is 11.0. The van der Waals surface area contributed by atoms with Crippen LogP contribution >= 0.6 is 11.8 Å². The number of thioether (sulfide) groups is 1. The van der Waals surface area contributed by atoms with Gasteiger partial charge in [0, 0.05) is 29.4 Å². The number of hydrogen-bond donors (Lipinski definition) is 5. The lowest BCUT2D eigenvalue weighted by Gasteiger charge is -2.46. The molecule has 4 aliphatic rings. The van der Waals surface area contributed by atoms with Crippen LogP contribution in [0, 0.1) is 12.8 Å². The van der Waals surface area contributed by atoms with E-state index in [0.717, 1.165) is 49.2 Å². The van der Waals surface area contributed by atoms with E-state index in [1.807, 2.05) is 60.4 Å². The Morgan fingerprint density at radius 1 is 1.05 bits per heavy atom. The maximum atomic E-state index is 13.6. The predicted octanol–water partition coefficient (Wildman–Crippen LogP) is 2.95. The number of carbonyl (C=O) groups is 3. The Morgan fingerprint density at radius 2 is 1.83 bits per heavy atom. The van der Waals surface area contributed by atoms with Crippen LogP contribution in [0.25, 0.3) is 0 Å². The first-order chi connectivity index (χ1) is 19.9. The van der Waals surface area contributed by atoms with Gasteiger partial charge >= 0.3 is 6.03 Å². The van der Waals surface area contributed by atoms with E-state index in [1.54, 1.807) is 7.05 Å². The minimum absolute atomic E-state index is 0.0108. The van der Waals surface area contributed by atoms with Crippen LogP contribution in [-0.2, 0) is 9.59 Å². The molecule has 3 heterocycles. The van der Waals surface area contributed by atoms with Crippen molar-refractivity contribution in [2.45, 2.75) is 56.1 Å². The lowest BCUT2D eigenvalue weighted by molar-refractivity contribution is -0.122. The zero-order valence-corrected chi connectivity index (χ0v) is 24.1. The summed E-state index contributed by atoms with van der Waals surface area (Å²) in [6, 6.07) is 14.8. The summed E-state index contributed by atoms with van der Waals surface area (Å²) < 4.78 is 6.00. The molecule has 41 heavy (non-hydrogen) atoms. The molecule has 3 aliphatic heterocycles. The molecule has 0 radical (unpaired) electrons. The molecule has 3 fully saturated rings. The SMILES string of the molecule is CNCC(=O)N[C@H]1CCC[C@@H]1NC(=O)C1=C2NC(=O)N(c3ccc(Oc4ccccc4)cc3C)C3CCNC(S1)C23. The van der Waals surface area contributed by atoms with Crippen molar-refractivity contribution in [3.05, 3.63) is 64.7 Å². The number of para-hydroxylation sites is 1. The smallest absolute Gasteiger partial charge is 0.326 e. The van der Waals surface area contributed by atoms with Gasteiger partial charge in [0.05, 0.1) is 22.9 Å². The molecule has 1 saturated carbocycles. The summed E-state index contributed by atoms with van der Waals surface area (Å²) in [5.41, 5.74) is 2.47. The molecule has 3 unspecified atom stereocenters. The minimum Gasteiger partial charge on any atom is -0.457 e. The third-order valence-corrected chi connectivity index (χ3v) is 9.63. The Balaban J connectivity index is 1.21. The number of ether oxygens (including phenoxy) is 1. The Bertz CT molecular complexity index is 1370. The van der Waals surface area contributed by atoms with Gasteiger partial charge in [-0.15, -0.1) is 0 Å².